The highest BCUT2D eigenvalue weighted by molar-refractivity contribution is 6.15. The molecule has 0 aliphatic heterocycles. The number of ketones is 1. The number of nitriles is 1. The number of hydrogen-bond acceptors (Lipinski definition) is 5. The number of rotatable bonds is 7. The molecule has 0 N–H and O–H groups in total. The van der Waals surface area contributed by atoms with E-state index < -0.39 is 0 Å². The first-order valence-electron chi connectivity index (χ1n) is 8.63. The molecule has 5 nitrogen and oxygen atoms in total. The predicted octanol–water partition coefficient (Wildman–Crippen LogP) is 4.46. The zero-order chi connectivity index (χ0) is 19.8. The van der Waals surface area contributed by atoms with Crippen molar-refractivity contribution in [3.05, 3.63) is 95.3 Å². The normalized spacial score (nSPS) is 10.8. The van der Waals surface area contributed by atoms with Crippen molar-refractivity contribution in [2.75, 3.05) is 7.11 Å². The Morgan fingerprint density at radius 3 is 2.50 bits per heavy atom. The summed E-state index contributed by atoms with van der Waals surface area (Å²) in [5, 5.41) is 9.44. The van der Waals surface area contributed by atoms with Crippen LogP contribution in [0, 0.1) is 11.3 Å². The highest BCUT2D eigenvalue weighted by atomic mass is 16.5. The van der Waals surface area contributed by atoms with Crippen molar-refractivity contribution in [1.82, 2.24) is 4.98 Å². The number of hydrogen-bond donors (Lipinski definition) is 0. The van der Waals surface area contributed by atoms with Crippen LogP contribution in [0.5, 0.6) is 11.5 Å². The van der Waals surface area contributed by atoms with Gasteiger partial charge in [0.05, 0.1) is 18.4 Å². The van der Waals surface area contributed by atoms with E-state index in [0.29, 0.717) is 23.7 Å². The fourth-order valence-electron chi connectivity index (χ4n) is 2.59. The highest BCUT2D eigenvalue weighted by Crippen LogP contribution is 2.22. The Morgan fingerprint density at radius 1 is 1.07 bits per heavy atom. The Hall–Kier alpha value is -3.91. The molecule has 0 spiro atoms. The smallest absolute Gasteiger partial charge is 0.207 e. The number of para-hydroxylation sites is 1. The number of carbonyl (C=O) groups excluding carboxylic acids is 1. The zero-order valence-corrected chi connectivity index (χ0v) is 15.3. The van der Waals surface area contributed by atoms with Gasteiger partial charge in [0.15, 0.2) is 0 Å². The molecule has 0 radical (unpaired) electrons. The van der Waals surface area contributed by atoms with Crippen molar-refractivity contribution in [3.63, 3.8) is 0 Å². The largest absolute Gasteiger partial charge is 0.496 e. The van der Waals surface area contributed by atoms with Crippen LogP contribution in [0.1, 0.15) is 21.6 Å². The molecule has 3 aromatic rings. The Balaban J connectivity index is 1.74. The van der Waals surface area contributed by atoms with Gasteiger partial charge in [0, 0.05) is 6.20 Å². The van der Waals surface area contributed by atoms with Crippen LogP contribution in [0.25, 0.3) is 6.08 Å². The summed E-state index contributed by atoms with van der Waals surface area (Å²) in [6, 6.07) is 21.6. The minimum Gasteiger partial charge on any atom is -0.496 e. The maximum Gasteiger partial charge on any atom is 0.207 e. The van der Waals surface area contributed by atoms with E-state index in [1.807, 2.05) is 24.3 Å². The van der Waals surface area contributed by atoms with Crippen molar-refractivity contribution < 1.29 is 14.3 Å². The van der Waals surface area contributed by atoms with E-state index in [0.717, 1.165) is 11.3 Å². The second-order valence-electron chi connectivity index (χ2n) is 5.88. The van der Waals surface area contributed by atoms with Gasteiger partial charge in [-0.3, -0.25) is 9.78 Å². The van der Waals surface area contributed by atoms with Crippen molar-refractivity contribution in [2.45, 2.75) is 6.61 Å². The number of aromatic nitrogens is 1. The molecule has 1 heterocycles. The predicted molar refractivity (Wildman–Crippen MR) is 106 cm³/mol. The van der Waals surface area contributed by atoms with Crippen LogP contribution in [0.15, 0.2) is 78.5 Å². The van der Waals surface area contributed by atoms with Crippen molar-refractivity contribution in [2.24, 2.45) is 0 Å². The number of nitrogens with zero attached hydrogens (tertiary/aromatic N) is 2. The van der Waals surface area contributed by atoms with Gasteiger partial charge in [-0.05, 0) is 48.0 Å². The van der Waals surface area contributed by atoms with Gasteiger partial charge in [-0.1, -0.05) is 30.3 Å². The molecule has 0 amide bonds. The first kappa shape index (κ1) is 18.9. The molecule has 0 aliphatic carbocycles. The summed E-state index contributed by atoms with van der Waals surface area (Å²) in [5.41, 5.74) is 1.95. The lowest BCUT2D eigenvalue weighted by Crippen LogP contribution is -2.04. The third-order valence-electron chi connectivity index (χ3n) is 4.02. The van der Waals surface area contributed by atoms with Crippen LogP contribution in [0.2, 0.25) is 0 Å². The molecule has 0 unspecified atom stereocenters. The average molecular weight is 370 g/mol. The molecule has 5 heteroatoms. The summed E-state index contributed by atoms with van der Waals surface area (Å²) in [4.78, 5) is 16.9. The van der Waals surface area contributed by atoms with Crippen molar-refractivity contribution >= 4 is 11.9 Å². The number of methoxy groups -OCH3 is 1. The standard InChI is InChI=1S/C23H18N2O3/c1-27-22-8-3-2-7-21(22)23(26)18(15-24)14-17-9-11-20(12-10-17)28-16-19-6-4-5-13-25-19/h2-14H,16H2,1H3/b18-14+. The van der Waals surface area contributed by atoms with E-state index in [1.54, 1.807) is 60.8 Å². The van der Waals surface area contributed by atoms with E-state index in [9.17, 15) is 10.1 Å². The number of benzene rings is 2. The Morgan fingerprint density at radius 2 is 1.82 bits per heavy atom. The Labute approximate surface area is 163 Å². The molecule has 0 saturated carbocycles. The van der Waals surface area contributed by atoms with Gasteiger partial charge in [-0.2, -0.15) is 5.26 Å². The van der Waals surface area contributed by atoms with Crippen LogP contribution in [0.4, 0.5) is 0 Å². The van der Waals surface area contributed by atoms with Gasteiger partial charge in [-0.25, -0.2) is 0 Å². The number of allylic oxidation sites excluding steroid dienone is 1. The molecule has 28 heavy (non-hydrogen) atoms. The maximum absolute atomic E-state index is 12.7. The van der Waals surface area contributed by atoms with Gasteiger partial charge in [-0.15, -0.1) is 0 Å². The van der Waals surface area contributed by atoms with Gasteiger partial charge in [0.25, 0.3) is 0 Å². The van der Waals surface area contributed by atoms with E-state index in [-0.39, 0.29) is 11.4 Å². The number of carbonyl (C=O) groups is 1. The lowest BCUT2D eigenvalue weighted by Gasteiger charge is -2.07. The van der Waals surface area contributed by atoms with Crippen LogP contribution in [-0.2, 0) is 6.61 Å². The topological polar surface area (TPSA) is 72.2 Å². The highest BCUT2D eigenvalue weighted by Gasteiger charge is 2.16. The Kier molecular flexibility index (Phi) is 6.17. The molecule has 138 valence electrons. The minimum absolute atomic E-state index is 0.0339. The SMILES string of the molecule is COc1ccccc1C(=O)/C(C#N)=C/c1ccc(OCc2ccccn2)cc1. The van der Waals surface area contributed by atoms with Crippen LogP contribution < -0.4 is 9.47 Å². The fourth-order valence-corrected chi connectivity index (χ4v) is 2.59. The molecule has 0 bridgehead atoms. The average Bonchev–Trinajstić information content (AvgIpc) is 2.77. The fraction of sp³-hybridized carbons (Fsp3) is 0.0870. The molecule has 0 aliphatic rings. The van der Waals surface area contributed by atoms with Gasteiger partial charge >= 0.3 is 0 Å². The summed E-state index contributed by atoms with van der Waals surface area (Å²) in [6.45, 7) is 0.367. The van der Waals surface area contributed by atoms with Crippen LogP contribution in [0.3, 0.4) is 0 Å². The lowest BCUT2D eigenvalue weighted by atomic mass is 10.0. The minimum atomic E-state index is -0.379. The molecule has 3 rings (SSSR count). The van der Waals surface area contributed by atoms with E-state index >= 15 is 0 Å². The summed E-state index contributed by atoms with van der Waals surface area (Å²) in [6.07, 6.45) is 3.27. The summed E-state index contributed by atoms with van der Waals surface area (Å²) < 4.78 is 10.9. The first-order valence-corrected chi connectivity index (χ1v) is 8.63. The molecule has 2 aromatic carbocycles. The summed E-state index contributed by atoms with van der Waals surface area (Å²) in [5.74, 6) is 0.736. The number of ether oxygens (including phenoxy) is 2. The first-order chi connectivity index (χ1) is 13.7. The molecular weight excluding hydrogens is 352 g/mol. The molecule has 0 saturated heterocycles. The molecule has 1 aromatic heterocycles. The molecule has 0 fully saturated rings. The second-order valence-corrected chi connectivity index (χ2v) is 5.88. The van der Waals surface area contributed by atoms with Gasteiger partial charge in [0.1, 0.15) is 29.7 Å². The monoisotopic (exact) mass is 370 g/mol. The van der Waals surface area contributed by atoms with Crippen LogP contribution in [-0.4, -0.2) is 17.9 Å². The maximum atomic E-state index is 12.7. The van der Waals surface area contributed by atoms with Crippen molar-refractivity contribution in [3.8, 4) is 17.6 Å². The molecule has 0 atom stereocenters. The van der Waals surface area contributed by atoms with Crippen molar-refractivity contribution in [1.29, 1.82) is 5.26 Å². The molecular formula is C23H18N2O3. The summed E-state index contributed by atoms with van der Waals surface area (Å²) >= 11 is 0. The number of pyridine rings is 1. The van der Waals surface area contributed by atoms with Crippen LogP contribution >= 0.6 is 0 Å². The lowest BCUT2D eigenvalue weighted by molar-refractivity contribution is 0.103. The summed E-state index contributed by atoms with van der Waals surface area (Å²) in [7, 11) is 1.49. The quantitative estimate of drug-likeness (QED) is 0.349. The van der Waals surface area contributed by atoms with E-state index in [1.165, 1.54) is 7.11 Å². The third-order valence-corrected chi connectivity index (χ3v) is 4.02. The number of Topliss-reactive ketones (excluding diaryl/α,β-unsaturated/α-hetero) is 1. The Bertz CT molecular complexity index is 1020. The van der Waals surface area contributed by atoms with E-state index in [2.05, 4.69) is 4.98 Å². The van der Waals surface area contributed by atoms with Gasteiger partial charge in [0.2, 0.25) is 5.78 Å². The third kappa shape index (κ3) is 4.63. The zero-order valence-electron chi connectivity index (χ0n) is 15.3. The van der Waals surface area contributed by atoms with E-state index in [4.69, 9.17) is 9.47 Å². The van der Waals surface area contributed by atoms with Gasteiger partial charge < -0.3 is 9.47 Å². The second kappa shape index (κ2) is 9.15.